The summed E-state index contributed by atoms with van der Waals surface area (Å²) in [5, 5.41) is 2.87. The molecule has 1 atom stereocenters. The molecule has 14 heavy (non-hydrogen) atoms. The summed E-state index contributed by atoms with van der Waals surface area (Å²) in [5.74, 6) is -0.0653. The highest BCUT2D eigenvalue weighted by Gasteiger charge is 2.21. The zero-order chi connectivity index (χ0) is 9.97. The fourth-order valence-electron chi connectivity index (χ4n) is 1.56. The Morgan fingerprint density at radius 3 is 3.21 bits per heavy atom. The molecule has 0 saturated carbocycles. The summed E-state index contributed by atoms with van der Waals surface area (Å²) < 4.78 is 5.16. The third-order valence-corrected chi connectivity index (χ3v) is 2.31. The summed E-state index contributed by atoms with van der Waals surface area (Å²) in [4.78, 5) is 15.1. The molecule has 0 aromatic carbocycles. The summed E-state index contributed by atoms with van der Waals surface area (Å²) in [5.41, 5.74) is 2.15. The maximum atomic E-state index is 11.1. The molecule has 1 aliphatic heterocycles. The van der Waals surface area contributed by atoms with Crippen LogP contribution in [0.15, 0.2) is 18.5 Å². The Morgan fingerprint density at radius 1 is 1.64 bits per heavy atom. The molecule has 0 spiro atoms. The summed E-state index contributed by atoms with van der Waals surface area (Å²) in [6, 6.07) is 1.88. The molecule has 1 aliphatic rings. The van der Waals surface area contributed by atoms with E-state index in [0.717, 1.165) is 11.1 Å². The second-order valence-corrected chi connectivity index (χ2v) is 3.37. The number of hydrogen-bond acceptors (Lipinski definition) is 3. The number of rotatable bonds is 1. The van der Waals surface area contributed by atoms with Crippen molar-refractivity contribution >= 4 is 5.91 Å². The van der Waals surface area contributed by atoms with E-state index in [1.54, 1.807) is 12.4 Å². The van der Waals surface area contributed by atoms with Crippen LogP contribution < -0.4 is 5.32 Å². The summed E-state index contributed by atoms with van der Waals surface area (Å²) in [6.45, 7) is 2.69. The number of amides is 1. The van der Waals surface area contributed by atoms with Gasteiger partial charge in [0, 0.05) is 12.4 Å². The van der Waals surface area contributed by atoms with E-state index in [0.29, 0.717) is 6.61 Å². The maximum Gasteiger partial charge on any atom is 0.246 e. The van der Waals surface area contributed by atoms with Crippen molar-refractivity contribution in [3.63, 3.8) is 0 Å². The number of hydrogen-bond donors (Lipinski definition) is 1. The second kappa shape index (κ2) is 3.75. The van der Waals surface area contributed by atoms with Gasteiger partial charge in [-0.1, -0.05) is 0 Å². The molecule has 2 rings (SSSR count). The number of aryl methyl sites for hydroxylation is 1. The van der Waals surface area contributed by atoms with Gasteiger partial charge in [0.2, 0.25) is 5.91 Å². The molecule has 0 aliphatic carbocycles. The lowest BCUT2D eigenvalue weighted by molar-refractivity contribution is -0.131. The molecular formula is C10H12N2O2. The van der Waals surface area contributed by atoms with E-state index in [1.165, 1.54) is 0 Å². The Morgan fingerprint density at radius 2 is 2.50 bits per heavy atom. The fourth-order valence-corrected chi connectivity index (χ4v) is 1.56. The van der Waals surface area contributed by atoms with E-state index in [4.69, 9.17) is 4.74 Å². The van der Waals surface area contributed by atoms with Gasteiger partial charge in [0.25, 0.3) is 0 Å². The molecular weight excluding hydrogens is 180 g/mol. The van der Waals surface area contributed by atoms with Crippen LogP contribution in [0.3, 0.4) is 0 Å². The van der Waals surface area contributed by atoms with Crippen molar-refractivity contribution in [3.05, 3.63) is 29.6 Å². The molecule has 1 amide bonds. The van der Waals surface area contributed by atoms with Crippen LogP contribution in [0.2, 0.25) is 0 Å². The smallest absolute Gasteiger partial charge is 0.246 e. The molecule has 1 aromatic rings. The van der Waals surface area contributed by atoms with Gasteiger partial charge in [-0.2, -0.15) is 0 Å². The molecule has 74 valence electrons. The molecule has 1 aromatic heterocycles. The van der Waals surface area contributed by atoms with Gasteiger partial charge in [0.05, 0.1) is 12.6 Å². The molecule has 0 radical (unpaired) electrons. The molecule has 0 bridgehead atoms. The van der Waals surface area contributed by atoms with Gasteiger partial charge in [-0.3, -0.25) is 9.78 Å². The normalized spacial score (nSPS) is 21.8. The van der Waals surface area contributed by atoms with E-state index in [2.05, 4.69) is 10.3 Å². The van der Waals surface area contributed by atoms with Crippen LogP contribution in [0.25, 0.3) is 0 Å². The zero-order valence-electron chi connectivity index (χ0n) is 7.99. The van der Waals surface area contributed by atoms with Crippen molar-refractivity contribution < 1.29 is 9.53 Å². The van der Waals surface area contributed by atoms with Crippen molar-refractivity contribution in [3.8, 4) is 0 Å². The van der Waals surface area contributed by atoms with Gasteiger partial charge < -0.3 is 10.1 Å². The van der Waals surface area contributed by atoms with Gasteiger partial charge in [-0.15, -0.1) is 0 Å². The minimum atomic E-state index is -0.0653. The molecule has 1 N–H and O–H groups in total. The predicted octanol–water partition coefficient (Wildman–Crippen LogP) is 0.578. The second-order valence-electron chi connectivity index (χ2n) is 3.37. The molecule has 4 nitrogen and oxygen atoms in total. The number of nitrogens with zero attached hydrogens (tertiary/aromatic N) is 1. The molecule has 1 fully saturated rings. The van der Waals surface area contributed by atoms with Crippen LogP contribution in [-0.2, 0) is 9.53 Å². The number of carbonyl (C=O) groups excluding carboxylic acids is 1. The molecule has 1 unspecified atom stereocenters. The first-order valence-electron chi connectivity index (χ1n) is 4.55. The number of ether oxygens (including phenoxy) is 1. The van der Waals surface area contributed by atoms with E-state index in [-0.39, 0.29) is 18.6 Å². The van der Waals surface area contributed by atoms with Gasteiger partial charge in [-0.25, -0.2) is 0 Å². The SMILES string of the molecule is Cc1ccncc1C1COCC(=O)N1. The van der Waals surface area contributed by atoms with Crippen LogP contribution in [0.4, 0.5) is 0 Å². The standard InChI is InChI=1S/C10H12N2O2/c1-7-2-3-11-4-8(7)9-5-14-6-10(13)12-9/h2-4,9H,5-6H2,1H3,(H,12,13). The molecule has 4 heteroatoms. The van der Waals surface area contributed by atoms with Crippen LogP contribution in [0, 0.1) is 6.92 Å². The first kappa shape index (κ1) is 9.15. The van der Waals surface area contributed by atoms with E-state index < -0.39 is 0 Å². The van der Waals surface area contributed by atoms with Crippen molar-refractivity contribution in [1.82, 2.24) is 10.3 Å². The number of aromatic nitrogens is 1. The summed E-state index contributed by atoms with van der Waals surface area (Å²) in [7, 11) is 0. The Hall–Kier alpha value is -1.42. The number of carbonyl (C=O) groups is 1. The van der Waals surface area contributed by atoms with Gasteiger partial charge in [0.15, 0.2) is 0 Å². The maximum absolute atomic E-state index is 11.1. The summed E-state index contributed by atoms with van der Waals surface area (Å²) in [6.07, 6.45) is 3.51. The molecule has 2 heterocycles. The van der Waals surface area contributed by atoms with Crippen LogP contribution >= 0.6 is 0 Å². The average molecular weight is 192 g/mol. The van der Waals surface area contributed by atoms with Crippen molar-refractivity contribution in [1.29, 1.82) is 0 Å². The van der Waals surface area contributed by atoms with Crippen molar-refractivity contribution in [2.45, 2.75) is 13.0 Å². The Labute approximate surface area is 82.3 Å². The number of morpholine rings is 1. The van der Waals surface area contributed by atoms with Crippen LogP contribution in [0.1, 0.15) is 17.2 Å². The Kier molecular flexibility index (Phi) is 2.45. The van der Waals surface area contributed by atoms with E-state index in [1.807, 2.05) is 13.0 Å². The lowest BCUT2D eigenvalue weighted by Crippen LogP contribution is -2.40. The molecule has 1 saturated heterocycles. The first-order valence-corrected chi connectivity index (χ1v) is 4.55. The van der Waals surface area contributed by atoms with Crippen molar-refractivity contribution in [2.24, 2.45) is 0 Å². The quantitative estimate of drug-likeness (QED) is 0.708. The summed E-state index contributed by atoms with van der Waals surface area (Å²) >= 11 is 0. The minimum Gasteiger partial charge on any atom is -0.369 e. The van der Waals surface area contributed by atoms with E-state index >= 15 is 0 Å². The van der Waals surface area contributed by atoms with Crippen molar-refractivity contribution in [2.75, 3.05) is 13.2 Å². The first-order chi connectivity index (χ1) is 6.77. The third kappa shape index (κ3) is 1.75. The minimum absolute atomic E-state index is 0.0510. The lowest BCUT2D eigenvalue weighted by Gasteiger charge is -2.24. The lowest BCUT2D eigenvalue weighted by atomic mass is 10.0. The zero-order valence-corrected chi connectivity index (χ0v) is 7.99. The van der Waals surface area contributed by atoms with Gasteiger partial charge in [-0.05, 0) is 24.1 Å². The fraction of sp³-hybridized carbons (Fsp3) is 0.400. The predicted molar refractivity (Wildman–Crippen MR) is 50.7 cm³/mol. The highest BCUT2D eigenvalue weighted by Crippen LogP contribution is 2.18. The van der Waals surface area contributed by atoms with Crippen LogP contribution in [-0.4, -0.2) is 24.1 Å². The van der Waals surface area contributed by atoms with Gasteiger partial charge >= 0.3 is 0 Å². The third-order valence-electron chi connectivity index (χ3n) is 2.31. The highest BCUT2D eigenvalue weighted by molar-refractivity contribution is 5.78. The Balaban J connectivity index is 2.22. The largest absolute Gasteiger partial charge is 0.369 e. The van der Waals surface area contributed by atoms with Gasteiger partial charge in [0.1, 0.15) is 6.61 Å². The number of nitrogens with one attached hydrogen (secondary N) is 1. The number of pyridine rings is 1. The topological polar surface area (TPSA) is 51.2 Å². The monoisotopic (exact) mass is 192 g/mol. The average Bonchev–Trinajstić information content (AvgIpc) is 2.18. The highest BCUT2D eigenvalue weighted by atomic mass is 16.5. The van der Waals surface area contributed by atoms with Crippen LogP contribution in [0.5, 0.6) is 0 Å². The Bertz CT molecular complexity index is 352. The van der Waals surface area contributed by atoms with E-state index in [9.17, 15) is 4.79 Å².